The molecule has 138 valence electrons. The van der Waals surface area contributed by atoms with Crippen molar-refractivity contribution in [1.82, 2.24) is 15.1 Å². The van der Waals surface area contributed by atoms with Crippen LogP contribution < -0.4 is 5.32 Å². The SMILES string of the molecule is CCN(CC(=O)O)C1CCN(C(=O)NCc2ccc(Cl)cc2Cl)CC1. The zero-order chi connectivity index (χ0) is 18.4. The van der Waals surface area contributed by atoms with E-state index in [1.54, 1.807) is 23.1 Å². The Balaban J connectivity index is 1.81. The number of hydrogen-bond donors (Lipinski definition) is 2. The predicted molar refractivity (Wildman–Crippen MR) is 98.2 cm³/mol. The molecular weight excluding hydrogens is 365 g/mol. The molecule has 2 N–H and O–H groups in total. The molecule has 1 aliphatic rings. The highest BCUT2D eigenvalue weighted by Crippen LogP contribution is 2.21. The maximum atomic E-state index is 12.3. The van der Waals surface area contributed by atoms with Gasteiger partial charge in [0.15, 0.2) is 0 Å². The van der Waals surface area contributed by atoms with Crippen molar-refractivity contribution in [3.05, 3.63) is 33.8 Å². The van der Waals surface area contributed by atoms with Gasteiger partial charge in [-0.1, -0.05) is 36.2 Å². The average Bonchev–Trinajstić information content (AvgIpc) is 2.58. The molecule has 8 heteroatoms. The van der Waals surface area contributed by atoms with Gasteiger partial charge in [0.05, 0.1) is 6.54 Å². The van der Waals surface area contributed by atoms with Crippen LogP contribution in [0.5, 0.6) is 0 Å². The van der Waals surface area contributed by atoms with Crippen molar-refractivity contribution in [1.29, 1.82) is 0 Å². The number of carboxylic acid groups (broad SMARTS) is 1. The molecule has 1 heterocycles. The van der Waals surface area contributed by atoms with Crippen molar-refractivity contribution < 1.29 is 14.7 Å². The Morgan fingerprint density at radius 3 is 2.56 bits per heavy atom. The largest absolute Gasteiger partial charge is 0.480 e. The Hall–Kier alpha value is -1.50. The zero-order valence-electron chi connectivity index (χ0n) is 14.2. The van der Waals surface area contributed by atoms with Crippen LogP contribution in [0.4, 0.5) is 4.79 Å². The standard InChI is InChI=1S/C17H23Cl2N3O3/c1-2-21(11-16(23)24)14-5-7-22(8-6-14)17(25)20-10-12-3-4-13(18)9-15(12)19/h3-4,9,14H,2,5-8,10-11H2,1H3,(H,20,25)(H,23,24). The van der Waals surface area contributed by atoms with E-state index in [-0.39, 0.29) is 18.6 Å². The molecule has 25 heavy (non-hydrogen) atoms. The third-order valence-electron chi connectivity index (χ3n) is 4.46. The van der Waals surface area contributed by atoms with Crippen molar-refractivity contribution in [3.63, 3.8) is 0 Å². The highest BCUT2D eigenvalue weighted by Gasteiger charge is 2.27. The van der Waals surface area contributed by atoms with E-state index in [1.807, 2.05) is 11.8 Å². The van der Waals surface area contributed by atoms with Crippen LogP contribution in [0.15, 0.2) is 18.2 Å². The summed E-state index contributed by atoms with van der Waals surface area (Å²) in [5.41, 5.74) is 0.813. The molecule has 1 aromatic carbocycles. The number of halogens is 2. The minimum absolute atomic E-state index is 0.0441. The smallest absolute Gasteiger partial charge is 0.317 e. The summed E-state index contributed by atoms with van der Waals surface area (Å²) in [6.45, 7) is 4.26. The number of aliphatic carboxylic acids is 1. The maximum absolute atomic E-state index is 12.3. The number of likely N-dealkylation sites (tertiary alicyclic amines) is 1. The van der Waals surface area contributed by atoms with Gasteiger partial charge >= 0.3 is 12.0 Å². The minimum atomic E-state index is -0.818. The van der Waals surface area contributed by atoms with Crippen LogP contribution >= 0.6 is 23.2 Å². The molecule has 1 aliphatic heterocycles. The Bertz CT molecular complexity index is 619. The summed E-state index contributed by atoms with van der Waals surface area (Å²) < 4.78 is 0. The number of nitrogens with one attached hydrogen (secondary N) is 1. The van der Waals surface area contributed by atoms with Crippen LogP contribution in [0.2, 0.25) is 10.0 Å². The van der Waals surface area contributed by atoms with Crippen molar-refractivity contribution in [2.75, 3.05) is 26.2 Å². The van der Waals surface area contributed by atoms with Gasteiger partial charge in [-0.05, 0) is 37.1 Å². The molecule has 1 aromatic rings. The van der Waals surface area contributed by atoms with Crippen molar-refractivity contribution in [2.45, 2.75) is 32.4 Å². The first-order valence-corrected chi connectivity index (χ1v) is 9.08. The Morgan fingerprint density at radius 2 is 2.00 bits per heavy atom. The number of piperidine rings is 1. The molecule has 1 saturated heterocycles. The third-order valence-corrected chi connectivity index (χ3v) is 5.04. The molecule has 2 amide bonds. The van der Waals surface area contributed by atoms with Gasteiger partial charge in [-0.15, -0.1) is 0 Å². The van der Waals surface area contributed by atoms with Gasteiger partial charge < -0.3 is 15.3 Å². The summed E-state index contributed by atoms with van der Waals surface area (Å²) in [5.74, 6) is -0.818. The summed E-state index contributed by atoms with van der Waals surface area (Å²) in [6, 6.07) is 5.25. The molecule has 0 spiro atoms. The molecule has 0 aromatic heterocycles. The summed E-state index contributed by atoms with van der Waals surface area (Å²) >= 11 is 12.0. The van der Waals surface area contributed by atoms with Crippen molar-refractivity contribution in [3.8, 4) is 0 Å². The topological polar surface area (TPSA) is 72.9 Å². The van der Waals surface area contributed by atoms with Crippen LogP contribution in [0, 0.1) is 0 Å². The van der Waals surface area contributed by atoms with Gasteiger partial charge in [0.1, 0.15) is 0 Å². The number of benzene rings is 1. The normalized spacial score (nSPS) is 15.4. The van der Waals surface area contributed by atoms with Crippen molar-refractivity contribution >= 4 is 35.2 Å². The molecule has 6 nitrogen and oxygen atoms in total. The number of likely N-dealkylation sites (N-methyl/N-ethyl adjacent to an activating group) is 1. The minimum Gasteiger partial charge on any atom is -0.480 e. The first kappa shape index (κ1) is 19.8. The number of amides is 2. The average molecular weight is 388 g/mol. The molecule has 0 atom stereocenters. The molecule has 0 saturated carbocycles. The van der Waals surface area contributed by atoms with Crippen molar-refractivity contribution in [2.24, 2.45) is 0 Å². The molecule has 1 fully saturated rings. The fourth-order valence-corrected chi connectivity index (χ4v) is 3.53. The third kappa shape index (κ3) is 5.76. The van der Waals surface area contributed by atoms with Gasteiger partial charge in [-0.2, -0.15) is 0 Å². The van der Waals surface area contributed by atoms with Gasteiger partial charge in [-0.25, -0.2) is 4.79 Å². The fraction of sp³-hybridized carbons (Fsp3) is 0.529. The van der Waals surface area contributed by atoms with E-state index in [1.165, 1.54) is 0 Å². The molecular formula is C17H23Cl2N3O3. The molecule has 0 radical (unpaired) electrons. The molecule has 0 aliphatic carbocycles. The number of nitrogens with zero attached hydrogens (tertiary/aromatic N) is 2. The van der Waals surface area contributed by atoms with E-state index in [4.69, 9.17) is 28.3 Å². The lowest BCUT2D eigenvalue weighted by molar-refractivity contribution is -0.139. The lowest BCUT2D eigenvalue weighted by Crippen LogP contribution is -2.50. The number of urea groups is 1. The fourth-order valence-electron chi connectivity index (χ4n) is 3.05. The van der Waals surface area contributed by atoms with Crippen LogP contribution in [-0.2, 0) is 11.3 Å². The lowest BCUT2D eigenvalue weighted by atomic mass is 10.0. The Kier molecular flexibility index (Phi) is 7.35. The van der Waals surface area contributed by atoms with Gasteiger partial charge in [-0.3, -0.25) is 9.69 Å². The van der Waals surface area contributed by atoms with E-state index in [0.29, 0.717) is 36.2 Å². The predicted octanol–water partition coefficient (Wildman–Crippen LogP) is 3.07. The summed E-state index contributed by atoms with van der Waals surface area (Å²) in [5, 5.41) is 12.9. The van der Waals surface area contributed by atoms with Gasteiger partial charge in [0, 0.05) is 35.7 Å². The molecule has 2 rings (SSSR count). The first-order chi connectivity index (χ1) is 11.9. The zero-order valence-corrected chi connectivity index (χ0v) is 15.7. The second kappa shape index (κ2) is 9.27. The van der Waals surface area contributed by atoms with Crippen LogP contribution in [0.1, 0.15) is 25.3 Å². The quantitative estimate of drug-likeness (QED) is 0.786. The molecule has 0 bridgehead atoms. The highest BCUT2D eigenvalue weighted by molar-refractivity contribution is 6.35. The van der Waals surface area contributed by atoms with Gasteiger partial charge in [0.25, 0.3) is 0 Å². The second-order valence-corrected chi connectivity index (χ2v) is 6.91. The highest BCUT2D eigenvalue weighted by atomic mass is 35.5. The van der Waals surface area contributed by atoms with E-state index < -0.39 is 5.97 Å². The Labute approximate surface area is 157 Å². The number of hydrogen-bond acceptors (Lipinski definition) is 3. The number of carbonyl (C=O) groups excluding carboxylic acids is 1. The monoisotopic (exact) mass is 387 g/mol. The maximum Gasteiger partial charge on any atom is 0.317 e. The van der Waals surface area contributed by atoms with Crippen LogP contribution in [0.25, 0.3) is 0 Å². The summed E-state index contributed by atoms with van der Waals surface area (Å²) in [7, 11) is 0. The van der Waals surface area contributed by atoms with E-state index in [0.717, 1.165) is 18.4 Å². The van der Waals surface area contributed by atoms with E-state index in [2.05, 4.69) is 5.32 Å². The molecule has 0 unspecified atom stereocenters. The van der Waals surface area contributed by atoms with Crippen LogP contribution in [0.3, 0.4) is 0 Å². The summed E-state index contributed by atoms with van der Waals surface area (Å²) in [6.07, 6.45) is 1.55. The van der Waals surface area contributed by atoms with Gasteiger partial charge in [0.2, 0.25) is 0 Å². The number of rotatable bonds is 6. The number of carbonyl (C=O) groups is 2. The van der Waals surface area contributed by atoms with E-state index >= 15 is 0 Å². The first-order valence-electron chi connectivity index (χ1n) is 8.33. The summed E-state index contributed by atoms with van der Waals surface area (Å²) in [4.78, 5) is 26.9. The van der Waals surface area contributed by atoms with Crippen LogP contribution in [-0.4, -0.2) is 59.1 Å². The number of carboxylic acids is 1. The Morgan fingerprint density at radius 1 is 1.32 bits per heavy atom. The second-order valence-electron chi connectivity index (χ2n) is 6.07. The lowest BCUT2D eigenvalue weighted by Gasteiger charge is -2.37. The van der Waals surface area contributed by atoms with E-state index in [9.17, 15) is 9.59 Å².